The highest BCUT2D eigenvalue weighted by Crippen LogP contribution is 2.24. The Labute approximate surface area is 150 Å². The molecule has 0 aliphatic rings. The van der Waals surface area contributed by atoms with Crippen molar-refractivity contribution in [3.8, 4) is 0 Å². The highest BCUT2D eigenvalue weighted by molar-refractivity contribution is 8.00. The normalized spacial score (nSPS) is 12.4. The average Bonchev–Trinajstić information content (AvgIpc) is 2.51. The van der Waals surface area contributed by atoms with Crippen molar-refractivity contribution in [3.05, 3.63) is 46.2 Å². The van der Waals surface area contributed by atoms with Crippen LogP contribution in [-0.2, 0) is 11.3 Å². The fourth-order valence-electron chi connectivity index (χ4n) is 2.17. The second-order valence-electron chi connectivity index (χ2n) is 5.68. The van der Waals surface area contributed by atoms with Crippen LogP contribution in [0, 0.1) is 0 Å². The van der Waals surface area contributed by atoms with E-state index in [2.05, 4.69) is 16.9 Å². The van der Waals surface area contributed by atoms with Gasteiger partial charge >= 0.3 is 0 Å². The molecule has 5 nitrogen and oxygen atoms in total. The molecule has 0 bridgehead atoms. The number of benzene rings is 1. The molecule has 0 fully saturated rings. The first kappa shape index (κ1) is 18.5. The summed E-state index contributed by atoms with van der Waals surface area (Å²) >= 11 is 7.23. The van der Waals surface area contributed by atoms with Gasteiger partial charge in [-0.3, -0.25) is 14.2 Å². The van der Waals surface area contributed by atoms with Gasteiger partial charge in [0.1, 0.15) is 0 Å². The summed E-state index contributed by atoms with van der Waals surface area (Å²) in [4.78, 5) is 29.4. The summed E-state index contributed by atoms with van der Waals surface area (Å²) in [7, 11) is 0. The maximum atomic E-state index is 12.7. The summed E-state index contributed by atoms with van der Waals surface area (Å²) in [6.07, 6.45) is 1.63. The van der Waals surface area contributed by atoms with Crippen LogP contribution >= 0.6 is 23.4 Å². The number of fused-ring (bicyclic) bond motifs is 1. The molecule has 0 spiro atoms. The molecule has 1 amide bonds. The number of rotatable bonds is 6. The summed E-state index contributed by atoms with van der Waals surface area (Å²) in [6, 6.07) is 5.06. The second-order valence-corrected chi connectivity index (χ2v) is 7.43. The zero-order valence-electron chi connectivity index (χ0n) is 13.9. The summed E-state index contributed by atoms with van der Waals surface area (Å²) in [5.41, 5.74) is 0.366. The Kier molecular flexibility index (Phi) is 6.07. The molecule has 24 heavy (non-hydrogen) atoms. The Morgan fingerprint density at radius 1 is 1.46 bits per heavy atom. The minimum atomic E-state index is -0.375. The van der Waals surface area contributed by atoms with Gasteiger partial charge in [-0.1, -0.05) is 29.4 Å². The predicted octanol–water partition coefficient (Wildman–Crippen LogP) is 3.24. The number of carbonyl (C=O) groups excluding carboxylic acids is 1. The fourth-order valence-corrected chi connectivity index (χ4v) is 3.27. The third-order valence-electron chi connectivity index (χ3n) is 3.28. The molecule has 1 atom stereocenters. The largest absolute Gasteiger partial charge is 0.353 e. The number of thioether (sulfide) groups is 1. The third kappa shape index (κ3) is 4.19. The van der Waals surface area contributed by atoms with E-state index in [9.17, 15) is 9.59 Å². The van der Waals surface area contributed by atoms with Crippen LogP contribution in [-0.4, -0.2) is 26.8 Å². The fraction of sp³-hybridized carbons (Fsp3) is 0.353. The maximum Gasteiger partial charge on any atom is 0.262 e. The molecule has 1 aromatic heterocycles. The van der Waals surface area contributed by atoms with E-state index in [-0.39, 0.29) is 22.8 Å². The van der Waals surface area contributed by atoms with Crippen LogP contribution in [0.3, 0.4) is 0 Å². The van der Waals surface area contributed by atoms with Gasteiger partial charge in [-0.25, -0.2) is 4.98 Å². The molecule has 2 aromatic rings. The summed E-state index contributed by atoms with van der Waals surface area (Å²) in [5.74, 6) is -0.0920. The molecule has 1 heterocycles. The smallest absolute Gasteiger partial charge is 0.262 e. The Morgan fingerprint density at radius 3 is 2.79 bits per heavy atom. The number of carbonyl (C=O) groups is 1. The minimum Gasteiger partial charge on any atom is -0.353 e. The molecule has 128 valence electrons. The van der Waals surface area contributed by atoms with E-state index in [0.29, 0.717) is 27.6 Å². The van der Waals surface area contributed by atoms with E-state index in [1.807, 2.05) is 13.8 Å². The number of hydrogen-bond donors (Lipinski definition) is 1. The highest BCUT2D eigenvalue weighted by Gasteiger charge is 2.19. The van der Waals surface area contributed by atoms with E-state index >= 15 is 0 Å². The molecule has 0 aliphatic heterocycles. The molecular weight excluding hydrogens is 346 g/mol. The van der Waals surface area contributed by atoms with Crippen LogP contribution < -0.4 is 10.9 Å². The van der Waals surface area contributed by atoms with Crippen molar-refractivity contribution in [1.29, 1.82) is 0 Å². The number of hydrogen-bond acceptors (Lipinski definition) is 4. The monoisotopic (exact) mass is 365 g/mol. The summed E-state index contributed by atoms with van der Waals surface area (Å²) in [5, 5.41) is 3.91. The van der Waals surface area contributed by atoms with Crippen LogP contribution in [0.2, 0.25) is 5.02 Å². The number of allylic oxidation sites excluding steroid dienone is 1. The quantitative estimate of drug-likeness (QED) is 0.485. The number of nitrogens with zero attached hydrogens (tertiary/aromatic N) is 2. The molecule has 7 heteroatoms. The molecule has 1 aromatic carbocycles. The molecule has 2 rings (SSSR count). The molecular formula is C17H20ClN3O2S. The summed E-state index contributed by atoms with van der Waals surface area (Å²) < 4.78 is 1.51. The van der Waals surface area contributed by atoms with Crippen molar-refractivity contribution in [2.45, 2.75) is 43.8 Å². The van der Waals surface area contributed by atoms with E-state index in [1.54, 1.807) is 31.2 Å². The lowest BCUT2D eigenvalue weighted by Gasteiger charge is -2.16. The first-order valence-electron chi connectivity index (χ1n) is 7.61. The molecule has 0 aliphatic carbocycles. The third-order valence-corrected chi connectivity index (χ3v) is 4.60. The SMILES string of the molecule is C=CCn1c(S[C@H](C)C(=O)NC(C)C)nc2ccc(Cl)cc2c1=O. The maximum absolute atomic E-state index is 12.7. The van der Waals surface area contributed by atoms with Crippen LogP contribution in [0.25, 0.3) is 10.9 Å². The van der Waals surface area contributed by atoms with Crippen molar-refractivity contribution in [2.24, 2.45) is 0 Å². The minimum absolute atomic E-state index is 0.0580. The predicted molar refractivity (Wildman–Crippen MR) is 99.8 cm³/mol. The highest BCUT2D eigenvalue weighted by atomic mass is 35.5. The van der Waals surface area contributed by atoms with Crippen LogP contribution in [0.4, 0.5) is 0 Å². The Morgan fingerprint density at radius 2 is 2.17 bits per heavy atom. The molecule has 0 saturated heterocycles. The molecule has 0 unspecified atom stereocenters. The van der Waals surface area contributed by atoms with Gasteiger partial charge in [0, 0.05) is 17.6 Å². The Hall–Kier alpha value is -1.79. The Bertz CT molecular complexity index is 832. The molecule has 1 N–H and O–H groups in total. The van der Waals surface area contributed by atoms with E-state index in [1.165, 1.54) is 16.3 Å². The van der Waals surface area contributed by atoms with Gasteiger partial charge in [-0.15, -0.1) is 6.58 Å². The van der Waals surface area contributed by atoms with Crippen LogP contribution in [0.15, 0.2) is 40.8 Å². The van der Waals surface area contributed by atoms with Crippen molar-refractivity contribution in [2.75, 3.05) is 0 Å². The molecule has 0 radical (unpaired) electrons. The van der Waals surface area contributed by atoms with E-state index in [0.717, 1.165) is 0 Å². The van der Waals surface area contributed by atoms with Gasteiger partial charge in [-0.05, 0) is 39.0 Å². The number of amides is 1. The van der Waals surface area contributed by atoms with Gasteiger partial charge in [0.05, 0.1) is 16.2 Å². The zero-order valence-corrected chi connectivity index (χ0v) is 15.4. The number of nitrogens with one attached hydrogen (secondary N) is 1. The average molecular weight is 366 g/mol. The van der Waals surface area contributed by atoms with Gasteiger partial charge < -0.3 is 5.32 Å². The van der Waals surface area contributed by atoms with Gasteiger partial charge in [0.25, 0.3) is 5.56 Å². The van der Waals surface area contributed by atoms with Gasteiger partial charge in [0.2, 0.25) is 5.91 Å². The first-order valence-corrected chi connectivity index (χ1v) is 8.87. The Balaban J connectivity index is 2.46. The second kappa shape index (κ2) is 7.85. The van der Waals surface area contributed by atoms with Gasteiger partial charge in [-0.2, -0.15) is 0 Å². The van der Waals surface area contributed by atoms with Crippen molar-refractivity contribution in [1.82, 2.24) is 14.9 Å². The lowest BCUT2D eigenvalue weighted by atomic mass is 10.2. The lowest BCUT2D eigenvalue weighted by molar-refractivity contribution is -0.120. The van der Waals surface area contributed by atoms with Crippen LogP contribution in [0.5, 0.6) is 0 Å². The van der Waals surface area contributed by atoms with Gasteiger partial charge in [0.15, 0.2) is 5.16 Å². The number of aromatic nitrogens is 2. The topological polar surface area (TPSA) is 64.0 Å². The van der Waals surface area contributed by atoms with E-state index in [4.69, 9.17) is 11.6 Å². The summed E-state index contributed by atoms with van der Waals surface area (Å²) in [6.45, 7) is 9.60. The van der Waals surface area contributed by atoms with Crippen molar-refractivity contribution in [3.63, 3.8) is 0 Å². The zero-order chi connectivity index (χ0) is 17.9. The number of halogens is 1. The lowest BCUT2D eigenvalue weighted by Crippen LogP contribution is -2.36. The van der Waals surface area contributed by atoms with Crippen molar-refractivity contribution >= 4 is 40.2 Å². The van der Waals surface area contributed by atoms with Crippen LogP contribution in [0.1, 0.15) is 20.8 Å². The van der Waals surface area contributed by atoms with E-state index < -0.39 is 0 Å². The van der Waals surface area contributed by atoms with Crippen molar-refractivity contribution < 1.29 is 4.79 Å². The standard InChI is InChI=1S/C17H20ClN3O2S/c1-5-8-21-16(23)13-9-12(18)6-7-14(13)20-17(21)24-11(4)15(22)19-10(2)3/h5-7,9-11H,1,8H2,2-4H3,(H,19,22)/t11-/m1/s1. The first-order chi connectivity index (χ1) is 11.3. The molecule has 0 saturated carbocycles.